The Balaban J connectivity index is 1.76. The van der Waals surface area contributed by atoms with Gasteiger partial charge in [-0.05, 0) is 29.8 Å². The Bertz CT molecular complexity index is 700. The van der Waals surface area contributed by atoms with Crippen molar-refractivity contribution in [1.82, 2.24) is 10.9 Å². The highest BCUT2D eigenvalue weighted by Gasteiger charge is 2.15. The Labute approximate surface area is 135 Å². The second-order valence-electron chi connectivity index (χ2n) is 4.43. The zero-order valence-corrected chi connectivity index (χ0v) is 13.4. The van der Waals surface area contributed by atoms with Gasteiger partial charge < -0.3 is 0 Å². The Hall–Kier alpha value is -1.79. The highest BCUT2D eigenvalue weighted by molar-refractivity contribution is 9.10. The van der Waals surface area contributed by atoms with E-state index in [4.69, 9.17) is 0 Å². The molecular weight excluding hydrogens is 350 g/mol. The number of nitrogens with zero attached hydrogens (tertiary/aromatic N) is 1. The first-order valence-corrected chi connectivity index (χ1v) is 8.11. The van der Waals surface area contributed by atoms with E-state index in [2.05, 4.69) is 43.9 Å². The van der Waals surface area contributed by atoms with Crippen molar-refractivity contribution >= 4 is 44.5 Å². The molecule has 1 aliphatic heterocycles. The van der Waals surface area contributed by atoms with Crippen molar-refractivity contribution in [3.05, 3.63) is 64.1 Å². The van der Waals surface area contributed by atoms with Crippen molar-refractivity contribution in [3.63, 3.8) is 0 Å². The van der Waals surface area contributed by atoms with Gasteiger partial charge in [-0.3, -0.25) is 15.6 Å². The molecule has 3 rings (SSSR count). The summed E-state index contributed by atoms with van der Waals surface area (Å²) in [5, 5.41) is 0.677. The van der Waals surface area contributed by atoms with Crippen LogP contribution in [0.4, 0.5) is 5.69 Å². The smallest absolute Gasteiger partial charge is 0.271 e. The van der Waals surface area contributed by atoms with Gasteiger partial charge in [-0.1, -0.05) is 52.0 Å². The summed E-state index contributed by atoms with van der Waals surface area (Å²) in [5.74, 6) is 0.602. The van der Waals surface area contributed by atoms with Gasteiger partial charge in [0.15, 0.2) is 5.17 Å². The molecule has 1 amide bonds. The molecule has 0 unspecified atom stereocenters. The van der Waals surface area contributed by atoms with Crippen LogP contribution < -0.4 is 10.9 Å². The minimum Gasteiger partial charge on any atom is -0.276 e. The zero-order chi connectivity index (χ0) is 14.7. The van der Waals surface area contributed by atoms with Crippen LogP contribution >= 0.6 is 27.7 Å². The van der Waals surface area contributed by atoms with E-state index in [1.165, 1.54) is 5.56 Å². The molecule has 6 heteroatoms. The lowest BCUT2D eigenvalue weighted by Gasteiger charge is -2.07. The number of carbonyl (C=O) groups excluding carboxylic acids is 1. The normalized spacial score (nSPS) is 13.6. The van der Waals surface area contributed by atoms with Gasteiger partial charge in [-0.25, -0.2) is 4.99 Å². The number of halogens is 1. The monoisotopic (exact) mass is 361 g/mol. The number of rotatable bonds is 2. The van der Waals surface area contributed by atoms with Gasteiger partial charge in [-0.15, -0.1) is 0 Å². The highest BCUT2D eigenvalue weighted by atomic mass is 79.9. The van der Waals surface area contributed by atoms with E-state index in [9.17, 15) is 4.79 Å². The van der Waals surface area contributed by atoms with Crippen LogP contribution in [0.1, 0.15) is 15.9 Å². The number of fused-ring (bicyclic) bond motifs is 1. The molecule has 2 aromatic carbocycles. The number of hydrazine groups is 1. The fraction of sp³-hybridized carbons (Fsp3) is 0.0667. The number of benzene rings is 2. The maximum absolute atomic E-state index is 11.9. The lowest BCUT2D eigenvalue weighted by molar-refractivity contribution is 0.0946. The summed E-state index contributed by atoms with van der Waals surface area (Å²) in [6.07, 6.45) is 0. The Morgan fingerprint density at radius 1 is 1.05 bits per heavy atom. The molecule has 1 aliphatic rings. The maximum Gasteiger partial charge on any atom is 0.271 e. The molecule has 21 heavy (non-hydrogen) atoms. The molecule has 0 spiro atoms. The second-order valence-corrected chi connectivity index (χ2v) is 6.31. The summed E-state index contributed by atoms with van der Waals surface area (Å²) in [6, 6.07) is 15.4. The van der Waals surface area contributed by atoms with E-state index < -0.39 is 0 Å². The van der Waals surface area contributed by atoms with Gasteiger partial charge in [0.25, 0.3) is 5.91 Å². The molecule has 0 saturated heterocycles. The van der Waals surface area contributed by atoms with E-state index in [1.54, 1.807) is 17.8 Å². The fourth-order valence-electron chi connectivity index (χ4n) is 1.88. The summed E-state index contributed by atoms with van der Waals surface area (Å²) in [7, 11) is 0. The lowest BCUT2D eigenvalue weighted by Crippen LogP contribution is -2.38. The number of amidine groups is 1. The van der Waals surface area contributed by atoms with Crippen molar-refractivity contribution in [2.45, 2.75) is 5.75 Å². The first-order valence-electron chi connectivity index (χ1n) is 6.34. The number of thioether (sulfide) groups is 1. The first kappa shape index (κ1) is 14.2. The van der Waals surface area contributed by atoms with Gasteiger partial charge in [0.1, 0.15) is 0 Å². The van der Waals surface area contributed by atoms with Crippen LogP contribution in [0, 0.1) is 0 Å². The van der Waals surface area contributed by atoms with Gasteiger partial charge in [0, 0.05) is 10.2 Å². The fourth-order valence-corrected chi connectivity index (χ4v) is 2.93. The molecule has 0 atom stereocenters. The quantitative estimate of drug-likeness (QED) is 0.858. The van der Waals surface area contributed by atoms with Crippen LogP contribution in [-0.4, -0.2) is 11.1 Å². The predicted molar refractivity (Wildman–Crippen MR) is 89.6 cm³/mol. The van der Waals surface area contributed by atoms with Crippen LogP contribution in [0.2, 0.25) is 0 Å². The number of carbonyl (C=O) groups is 1. The van der Waals surface area contributed by atoms with Gasteiger partial charge >= 0.3 is 0 Å². The van der Waals surface area contributed by atoms with Gasteiger partial charge in [-0.2, -0.15) is 0 Å². The number of nitrogens with one attached hydrogen (secondary N) is 2. The minimum atomic E-state index is -0.173. The average Bonchev–Trinajstić information content (AvgIpc) is 2.67. The van der Waals surface area contributed by atoms with Crippen molar-refractivity contribution in [1.29, 1.82) is 0 Å². The molecular formula is C15H12BrN3OS. The summed E-state index contributed by atoms with van der Waals surface area (Å²) in [6.45, 7) is 0. The maximum atomic E-state index is 11.9. The van der Waals surface area contributed by atoms with E-state index in [1.807, 2.05) is 30.3 Å². The SMILES string of the molecule is O=C1NNC(SCc2ccc(Br)cc2)=Nc2ccccc21. The minimum absolute atomic E-state index is 0.173. The summed E-state index contributed by atoms with van der Waals surface area (Å²) in [5.41, 5.74) is 7.96. The standard InChI is InChI=1S/C15H12BrN3OS/c16-11-7-5-10(6-8-11)9-21-15-17-13-4-2-1-3-12(13)14(20)18-19-15/h1-8H,9H2,(H,17,19)(H,18,20). The molecule has 1 heterocycles. The van der Waals surface area contributed by atoms with E-state index in [0.29, 0.717) is 16.4 Å². The van der Waals surface area contributed by atoms with Gasteiger partial charge in [0.2, 0.25) is 0 Å². The summed E-state index contributed by atoms with van der Waals surface area (Å²) < 4.78 is 1.06. The van der Waals surface area contributed by atoms with Crippen LogP contribution in [0.15, 0.2) is 58.0 Å². The number of hydrogen-bond acceptors (Lipinski definition) is 4. The summed E-state index contributed by atoms with van der Waals surface area (Å²) >= 11 is 4.96. The van der Waals surface area contributed by atoms with Crippen LogP contribution in [0.3, 0.4) is 0 Å². The molecule has 0 aromatic heterocycles. The molecule has 0 radical (unpaired) electrons. The zero-order valence-electron chi connectivity index (χ0n) is 11.0. The number of aliphatic imine (C=N–C) groups is 1. The van der Waals surface area contributed by atoms with Crippen molar-refractivity contribution in [2.24, 2.45) is 4.99 Å². The molecule has 2 N–H and O–H groups in total. The van der Waals surface area contributed by atoms with E-state index in [0.717, 1.165) is 10.2 Å². The molecule has 2 aromatic rings. The Morgan fingerprint density at radius 3 is 2.62 bits per heavy atom. The number of amides is 1. The summed E-state index contributed by atoms with van der Waals surface area (Å²) in [4.78, 5) is 16.4. The van der Waals surface area contributed by atoms with Crippen molar-refractivity contribution < 1.29 is 4.79 Å². The third-order valence-corrected chi connectivity index (χ3v) is 4.42. The first-order chi connectivity index (χ1) is 10.2. The molecule has 4 nitrogen and oxygen atoms in total. The number of para-hydroxylation sites is 1. The number of hydrogen-bond donors (Lipinski definition) is 2. The molecule has 0 saturated carbocycles. The molecule has 0 fully saturated rings. The average molecular weight is 362 g/mol. The Kier molecular flexibility index (Phi) is 4.26. The van der Waals surface area contributed by atoms with E-state index >= 15 is 0 Å². The van der Waals surface area contributed by atoms with Crippen molar-refractivity contribution in [2.75, 3.05) is 0 Å². The Morgan fingerprint density at radius 2 is 1.81 bits per heavy atom. The lowest BCUT2D eigenvalue weighted by atomic mass is 10.2. The van der Waals surface area contributed by atoms with Crippen LogP contribution in [0.5, 0.6) is 0 Å². The molecule has 0 bridgehead atoms. The van der Waals surface area contributed by atoms with E-state index in [-0.39, 0.29) is 5.91 Å². The predicted octanol–water partition coefficient (Wildman–Crippen LogP) is 3.62. The second kappa shape index (κ2) is 6.32. The molecule has 0 aliphatic carbocycles. The van der Waals surface area contributed by atoms with Crippen molar-refractivity contribution in [3.8, 4) is 0 Å². The third-order valence-electron chi connectivity index (χ3n) is 2.94. The van der Waals surface area contributed by atoms with Crippen LogP contribution in [-0.2, 0) is 5.75 Å². The highest BCUT2D eigenvalue weighted by Crippen LogP contribution is 2.23. The topological polar surface area (TPSA) is 53.5 Å². The largest absolute Gasteiger partial charge is 0.276 e. The molecule has 106 valence electrons. The van der Waals surface area contributed by atoms with Gasteiger partial charge in [0.05, 0.1) is 11.3 Å². The van der Waals surface area contributed by atoms with Crippen LogP contribution in [0.25, 0.3) is 0 Å². The third kappa shape index (κ3) is 3.46.